The monoisotopic (exact) mass is 457 g/mol. The maximum atomic E-state index is 15.4. The topological polar surface area (TPSA) is 29.5 Å². The Morgan fingerprint density at radius 1 is 0.941 bits per heavy atom. The molecule has 176 valence electrons. The number of carbonyl (C=O) groups is 1. The summed E-state index contributed by atoms with van der Waals surface area (Å²) in [6.07, 6.45) is 0.354. The van der Waals surface area contributed by atoms with Gasteiger partial charge in [-0.05, 0) is 42.9 Å². The molecule has 34 heavy (non-hydrogen) atoms. The van der Waals surface area contributed by atoms with Gasteiger partial charge in [0.25, 0.3) is 0 Å². The van der Waals surface area contributed by atoms with Crippen LogP contribution in [-0.2, 0) is 10.2 Å². The Bertz CT molecular complexity index is 1090. The first-order valence-electron chi connectivity index (χ1n) is 12.2. The zero-order chi connectivity index (χ0) is 23.7. The lowest BCUT2D eigenvalue weighted by atomic mass is 9.56. The maximum Gasteiger partial charge on any atom is 0.229 e. The van der Waals surface area contributed by atoms with Crippen molar-refractivity contribution in [2.24, 2.45) is 11.8 Å². The van der Waals surface area contributed by atoms with E-state index in [9.17, 15) is 4.79 Å². The highest BCUT2D eigenvalue weighted by molar-refractivity contribution is 5.84. The van der Waals surface area contributed by atoms with Gasteiger partial charge in [0.1, 0.15) is 11.9 Å². The molecule has 1 heterocycles. The predicted octanol–water partition coefficient (Wildman–Crippen LogP) is 5.99. The third-order valence-electron chi connectivity index (χ3n) is 8.14. The molecule has 4 unspecified atom stereocenters. The lowest BCUT2D eigenvalue weighted by Gasteiger charge is -2.47. The van der Waals surface area contributed by atoms with Gasteiger partial charge in [0.05, 0.1) is 13.0 Å². The summed E-state index contributed by atoms with van der Waals surface area (Å²) in [5.74, 6) is 0.252. The minimum absolute atomic E-state index is 0.0230. The quantitative estimate of drug-likeness (QED) is 0.471. The molecule has 1 amide bonds. The molecule has 4 heteroatoms. The van der Waals surface area contributed by atoms with Crippen LogP contribution in [0, 0.1) is 11.8 Å². The van der Waals surface area contributed by atoms with Gasteiger partial charge in [-0.1, -0.05) is 78.9 Å². The highest BCUT2D eigenvalue weighted by atomic mass is 19.1. The van der Waals surface area contributed by atoms with Crippen LogP contribution in [0.1, 0.15) is 42.4 Å². The number of likely N-dealkylation sites (tertiary alicyclic amines) is 1. The van der Waals surface area contributed by atoms with Crippen LogP contribution >= 0.6 is 0 Å². The Labute approximate surface area is 201 Å². The van der Waals surface area contributed by atoms with Gasteiger partial charge in [-0.25, -0.2) is 4.39 Å². The fourth-order valence-electron chi connectivity index (χ4n) is 6.45. The van der Waals surface area contributed by atoms with E-state index in [1.807, 2.05) is 48.2 Å². The SMILES string of the molecule is COc1ccccc1C(C)C(=O)N1CC2C(F)CCC(c3ccccc3)(c3ccccc3)C2C1. The standard InChI is InChI=1S/C30H32FNO2/c1-21(24-15-9-10-16-28(24)34-2)29(33)32-19-25-26(20-32)30(18-17-27(25)31,22-11-5-3-6-12-22)23-13-7-4-8-14-23/h3-16,21,25-27H,17-20H2,1-2H3. The number of hydrogen-bond acceptors (Lipinski definition) is 2. The molecule has 2 aliphatic rings. The Morgan fingerprint density at radius 3 is 2.15 bits per heavy atom. The van der Waals surface area contributed by atoms with Crippen LogP contribution < -0.4 is 4.74 Å². The zero-order valence-corrected chi connectivity index (χ0v) is 19.9. The number of ether oxygens (including phenoxy) is 1. The van der Waals surface area contributed by atoms with Crippen LogP contribution in [0.3, 0.4) is 0 Å². The van der Waals surface area contributed by atoms with Crippen molar-refractivity contribution in [3.63, 3.8) is 0 Å². The average Bonchev–Trinajstić information content (AvgIpc) is 3.36. The van der Waals surface area contributed by atoms with Crippen LogP contribution in [0.15, 0.2) is 84.9 Å². The van der Waals surface area contributed by atoms with E-state index in [4.69, 9.17) is 4.74 Å². The maximum absolute atomic E-state index is 15.4. The molecule has 0 radical (unpaired) electrons. The van der Waals surface area contributed by atoms with E-state index in [-0.39, 0.29) is 29.1 Å². The summed E-state index contributed by atoms with van der Waals surface area (Å²) in [5.41, 5.74) is 3.00. The summed E-state index contributed by atoms with van der Waals surface area (Å²) in [7, 11) is 1.63. The molecule has 0 spiro atoms. The van der Waals surface area contributed by atoms with Crippen molar-refractivity contribution in [1.29, 1.82) is 0 Å². The highest BCUT2D eigenvalue weighted by Crippen LogP contribution is 2.54. The molecule has 5 rings (SSSR count). The first-order valence-corrected chi connectivity index (χ1v) is 12.2. The number of rotatable bonds is 5. The van der Waals surface area contributed by atoms with E-state index < -0.39 is 6.17 Å². The molecule has 3 aromatic carbocycles. The lowest BCUT2D eigenvalue weighted by molar-refractivity contribution is -0.131. The van der Waals surface area contributed by atoms with Crippen molar-refractivity contribution in [2.75, 3.05) is 20.2 Å². The summed E-state index contributed by atoms with van der Waals surface area (Å²) in [5, 5.41) is 0. The first-order chi connectivity index (χ1) is 16.6. The van der Waals surface area contributed by atoms with E-state index in [2.05, 4.69) is 48.5 Å². The zero-order valence-electron chi connectivity index (χ0n) is 19.9. The fraction of sp³-hybridized carbons (Fsp3) is 0.367. The van der Waals surface area contributed by atoms with Crippen LogP contribution in [-0.4, -0.2) is 37.2 Å². The van der Waals surface area contributed by atoms with Gasteiger partial charge in [0.2, 0.25) is 5.91 Å². The third-order valence-corrected chi connectivity index (χ3v) is 8.14. The molecular weight excluding hydrogens is 425 g/mol. The Hall–Kier alpha value is -3.14. The molecule has 3 nitrogen and oxygen atoms in total. The number of benzene rings is 3. The molecule has 1 saturated heterocycles. The third kappa shape index (κ3) is 3.70. The number of nitrogens with zero attached hydrogens (tertiary/aromatic N) is 1. The molecule has 1 saturated carbocycles. The second kappa shape index (κ2) is 9.25. The molecule has 1 aliphatic carbocycles. The van der Waals surface area contributed by atoms with Crippen molar-refractivity contribution in [1.82, 2.24) is 4.90 Å². The van der Waals surface area contributed by atoms with Gasteiger partial charge in [0.15, 0.2) is 0 Å². The molecule has 3 aromatic rings. The minimum Gasteiger partial charge on any atom is -0.496 e. The Morgan fingerprint density at radius 2 is 1.53 bits per heavy atom. The number of halogens is 1. The summed E-state index contributed by atoms with van der Waals surface area (Å²) >= 11 is 0. The van der Waals surface area contributed by atoms with Crippen molar-refractivity contribution in [3.8, 4) is 5.75 Å². The van der Waals surface area contributed by atoms with Crippen LogP contribution in [0.5, 0.6) is 5.75 Å². The van der Waals surface area contributed by atoms with Crippen molar-refractivity contribution in [2.45, 2.75) is 37.3 Å². The smallest absolute Gasteiger partial charge is 0.229 e. The van der Waals surface area contributed by atoms with Crippen molar-refractivity contribution < 1.29 is 13.9 Å². The minimum atomic E-state index is -0.898. The number of amides is 1. The second-order valence-electron chi connectivity index (χ2n) is 9.74. The number of carbonyl (C=O) groups excluding carboxylic acids is 1. The molecule has 2 fully saturated rings. The van der Waals surface area contributed by atoms with Gasteiger partial charge in [0, 0.05) is 30.0 Å². The van der Waals surface area contributed by atoms with Gasteiger partial charge in [-0.2, -0.15) is 0 Å². The van der Waals surface area contributed by atoms with E-state index in [0.717, 1.165) is 12.0 Å². The molecule has 0 bridgehead atoms. The normalized spacial score (nSPS) is 24.3. The van der Waals surface area contributed by atoms with E-state index in [1.165, 1.54) is 11.1 Å². The molecule has 4 atom stereocenters. The number of fused-ring (bicyclic) bond motifs is 1. The summed E-state index contributed by atoms with van der Waals surface area (Å²) in [4.78, 5) is 15.6. The summed E-state index contributed by atoms with van der Waals surface area (Å²) in [6, 6.07) is 28.7. The Balaban J connectivity index is 1.52. The van der Waals surface area contributed by atoms with E-state index >= 15 is 4.39 Å². The van der Waals surface area contributed by atoms with Gasteiger partial charge in [-0.15, -0.1) is 0 Å². The predicted molar refractivity (Wildman–Crippen MR) is 133 cm³/mol. The summed E-state index contributed by atoms with van der Waals surface area (Å²) in [6.45, 7) is 2.95. The molecule has 1 aliphatic heterocycles. The lowest BCUT2D eigenvalue weighted by Crippen LogP contribution is -2.47. The van der Waals surface area contributed by atoms with Crippen LogP contribution in [0.2, 0.25) is 0 Å². The largest absolute Gasteiger partial charge is 0.496 e. The number of methoxy groups -OCH3 is 1. The van der Waals surface area contributed by atoms with Crippen LogP contribution in [0.25, 0.3) is 0 Å². The second-order valence-corrected chi connectivity index (χ2v) is 9.74. The van der Waals surface area contributed by atoms with Crippen LogP contribution in [0.4, 0.5) is 4.39 Å². The van der Waals surface area contributed by atoms with Crippen molar-refractivity contribution >= 4 is 5.91 Å². The first kappa shape index (κ1) is 22.6. The fourth-order valence-corrected chi connectivity index (χ4v) is 6.45. The van der Waals surface area contributed by atoms with Crippen molar-refractivity contribution in [3.05, 3.63) is 102 Å². The number of hydrogen-bond donors (Lipinski definition) is 0. The van der Waals surface area contributed by atoms with Gasteiger partial charge in [-0.3, -0.25) is 4.79 Å². The number of alkyl halides is 1. The molecule has 0 aromatic heterocycles. The van der Waals surface area contributed by atoms with Gasteiger partial charge >= 0.3 is 0 Å². The molecular formula is C30H32FNO2. The van der Waals surface area contributed by atoms with E-state index in [0.29, 0.717) is 25.3 Å². The number of para-hydroxylation sites is 1. The summed E-state index contributed by atoms with van der Waals surface area (Å²) < 4.78 is 20.9. The Kier molecular flexibility index (Phi) is 6.16. The highest BCUT2D eigenvalue weighted by Gasteiger charge is 2.55. The van der Waals surface area contributed by atoms with E-state index in [1.54, 1.807) is 7.11 Å². The van der Waals surface area contributed by atoms with Gasteiger partial charge < -0.3 is 9.64 Å². The average molecular weight is 458 g/mol. The molecule has 0 N–H and O–H groups in total.